The van der Waals surface area contributed by atoms with E-state index < -0.39 is 0 Å². The van der Waals surface area contributed by atoms with Crippen molar-refractivity contribution in [1.82, 2.24) is 4.98 Å². The number of ether oxygens (including phenoxy) is 1. The summed E-state index contributed by atoms with van der Waals surface area (Å²) in [4.78, 5) is 28.6. The first-order chi connectivity index (χ1) is 14.1. The number of carbonyl (C=O) groups is 2. The minimum atomic E-state index is -0.376. The molecular formula is C20H14ClN3O4S. The van der Waals surface area contributed by atoms with Crippen LogP contribution in [0.15, 0.2) is 65.3 Å². The lowest BCUT2D eigenvalue weighted by Gasteiger charge is -2.08. The topological polar surface area (TPSA) is 93.5 Å². The average molecular weight is 428 g/mol. The zero-order valence-corrected chi connectivity index (χ0v) is 16.4. The molecule has 2 aromatic heterocycles. The summed E-state index contributed by atoms with van der Waals surface area (Å²) in [6.45, 7) is -0.172. The third kappa shape index (κ3) is 4.56. The highest BCUT2D eigenvalue weighted by Crippen LogP contribution is 2.29. The first-order valence-electron chi connectivity index (χ1n) is 8.51. The summed E-state index contributed by atoms with van der Waals surface area (Å²) in [7, 11) is 0. The zero-order valence-electron chi connectivity index (χ0n) is 14.8. The Balaban J connectivity index is 1.40. The van der Waals surface area contributed by atoms with Gasteiger partial charge in [-0.05, 0) is 42.5 Å². The van der Waals surface area contributed by atoms with Gasteiger partial charge in [0.2, 0.25) is 0 Å². The van der Waals surface area contributed by atoms with E-state index in [0.29, 0.717) is 27.1 Å². The van der Waals surface area contributed by atoms with Gasteiger partial charge >= 0.3 is 0 Å². The van der Waals surface area contributed by atoms with Gasteiger partial charge in [0, 0.05) is 5.69 Å². The average Bonchev–Trinajstić information content (AvgIpc) is 3.36. The van der Waals surface area contributed by atoms with Crippen molar-refractivity contribution in [2.45, 2.75) is 0 Å². The van der Waals surface area contributed by atoms with Gasteiger partial charge in [0.1, 0.15) is 5.75 Å². The molecule has 29 heavy (non-hydrogen) atoms. The molecule has 0 aliphatic heterocycles. The van der Waals surface area contributed by atoms with Gasteiger partial charge in [0.05, 0.1) is 21.5 Å². The van der Waals surface area contributed by atoms with Gasteiger partial charge in [-0.2, -0.15) is 0 Å². The van der Waals surface area contributed by atoms with Crippen molar-refractivity contribution in [3.63, 3.8) is 0 Å². The lowest BCUT2D eigenvalue weighted by Crippen LogP contribution is -2.20. The van der Waals surface area contributed by atoms with Crippen LogP contribution in [0.3, 0.4) is 0 Å². The normalized spacial score (nSPS) is 10.7. The van der Waals surface area contributed by atoms with Crippen molar-refractivity contribution >= 4 is 55.8 Å². The maximum Gasteiger partial charge on any atom is 0.293 e. The molecule has 2 heterocycles. The Morgan fingerprint density at radius 2 is 1.97 bits per heavy atom. The number of benzene rings is 2. The van der Waals surface area contributed by atoms with Crippen LogP contribution in [0.4, 0.5) is 10.8 Å². The number of nitrogens with one attached hydrogen (secondary N) is 2. The molecule has 146 valence electrons. The lowest BCUT2D eigenvalue weighted by molar-refractivity contribution is -0.118. The van der Waals surface area contributed by atoms with Crippen LogP contribution in [-0.4, -0.2) is 23.4 Å². The van der Waals surface area contributed by atoms with Crippen molar-refractivity contribution < 1.29 is 18.7 Å². The molecule has 0 fully saturated rings. The standard InChI is InChI=1S/C20H14ClN3O4S/c21-13-4-1-2-5-15(13)28-11-18(25)22-12-7-8-14-17(10-12)29-20(23-14)24-19(26)16-6-3-9-27-16/h1-10H,11H2,(H,22,25)(H,23,24,26). The molecule has 2 aromatic carbocycles. The van der Waals surface area contributed by atoms with E-state index in [9.17, 15) is 9.59 Å². The molecule has 9 heteroatoms. The molecule has 2 N–H and O–H groups in total. The predicted molar refractivity (Wildman–Crippen MR) is 112 cm³/mol. The van der Waals surface area contributed by atoms with Crippen molar-refractivity contribution in [2.24, 2.45) is 0 Å². The molecule has 0 saturated heterocycles. The molecule has 4 rings (SSSR count). The van der Waals surface area contributed by atoms with Gasteiger partial charge < -0.3 is 14.5 Å². The predicted octanol–water partition coefficient (Wildman–Crippen LogP) is 4.81. The largest absolute Gasteiger partial charge is 0.482 e. The zero-order chi connectivity index (χ0) is 20.2. The Kier molecular flexibility index (Phi) is 5.46. The SMILES string of the molecule is O=C(COc1ccccc1Cl)Nc1ccc2nc(NC(=O)c3ccco3)sc2c1. The van der Waals surface area contributed by atoms with Crippen LogP contribution < -0.4 is 15.4 Å². The molecule has 0 aliphatic rings. The summed E-state index contributed by atoms with van der Waals surface area (Å²) < 4.78 is 11.3. The number of aromatic nitrogens is 1. The summed E-state index contributed by atoms with van der Waals surface area (Å²) >= 11 is 7.30. The number of hydrogen-bond donors (Lipinski definition) is 2. The van der Waals surface area contributed by atoms with Gasteiger partial charge in [-0.3, -0.25) is 14.9 Å². The Labute approximate surface area is 174 Å². The number of furan rings is 1. The van der Waals surface area contributed by atoms with E-state index in [1.54, 1.807) is 54.6 Å². The van der Waals surface area contributed by atoms with E-state index in [1.165, 1.54) is 17.6 Å². The highest BCUT2D eigenvalue weighted by atomic mass is 35.5. The van der Waals surface area contributed by atoms with Crippen LogP contribution in [0, 0.1) is 0 Å². The van der Waals surface area contributed by atoms with Crippen molar-refractivity contribution in [1.29, 1.82) is 0 Å². The molecule has 0 bridgehead atoms. The number of amides is 2. The first kappa shape index (κ1) is 19.0. The van der Waals surface area contributed by atoms with Crippen LogP contribution in [0.2, 0.25) is 5.02 Å². The van der Waals surface area contributed by atoms with Crippen LogP contribution in [0.1, 0.15) is 10.6 Å². The molecule has 0 aliphatic carbocycles. The highest BCUT2D eigenvalue weighted by Gasteiger charge is 2.13. The summed E-state index contributed by atoms with van der Waals surface area (Å²) in [5, 5.41) is 6.34. The number of halogens is 1. The third-order valence-electron chi connectivity index (χ3n) is 3.83. The Hall–Kier alpha value is -3.36. The fraction of sp³-hybridized carbons (Fsp3) is 0.0500. The van der Waals surface area contributed by atoms with Gasteiger partial charge in [-0.25, -0.2) is 4.98 Å². The number of rotatable bonds is 6. The lowest BCUT2D eigenvalue weighted by atomic mass is 10.3. The quantitative estimate of drug-likeness (QED) is 0.460. The first-order valence-corrected chi connectivity index (χ1v) is 9.70. The summed E-state index contributed by atoms with van der Waals surface area (Å²) in [6.07, 6.45) is 1.43. The number of para-hydroxylation sites is 1. The number of thiazole rings is 1. The van der Waals surface area contributed by atoms with E-state index in [4.69, 9.17) is 20.8 Å². The second kappa shape index (κ2) is 8.34. The maximum atomic E-state index is 12.2. The minimum absolute atomic E-state index is 0.172. The minimum Gasteiger partial charge on any atom is -0.482 e. The number of hydrogen-bond acceptors (Lipinski definition) is 6. The van der Waals surface area contributed by atoms with E-state index in [-0.39, 0.29) is 24.2 Å². The molecule has 0 unspecified atom stereocenters. The van der Waals surface area contributed by atoms with E-state index in [1.807, 2.05) is 0 Å². The molecule has 0 atom stereocenters. The van der Waals surface area contributed by atoms with E-state index in [2.05, 4.69) is 15.6 Å². The molecule has 0 spiro atoms. The third-order valence-corrected chi connectivity index (χ3v) is 5.08. The second-order valence-electron chi connectivity index (χ2n) is 5.90. The molecule has 7 nitrogen and oxygen atoms in total. The Morgan fingerprint density at radius 3 is 2.76 bits per heavy atom. The van der Waals surface area contributed by atoms with Crippen molar-refractivity contribution in [3.8, 4) is 5.75 Å². The number of anilines is 2. The highest BCUT2D eigenvalue weighted by molar-refractivity contribution is 7.22. The van der Waals surface area contributed by atoms with E-state index in [0.717, 1.165) is 4.70 Å². The monoisotopic (exact) mass is 427 g/mol. The fourth-order valence-electron chi connectivity index (χ4n) is 2.52. The van der Waals surface area contributed by atoms with Crippen LogP contribution in [-0.2, 0) is 4.79 Å². The second-order valence-corrected chi connectivity index (χ2v) is 7.34. The molecule has 0 saturated carbocycles. The van der Waals surface area contributed by atoms with Crippen LogP contribution in [0.5, 0.6) is 5.75 Å². The Bertz CT molecular complexity index is 1170. The maximum absolute atomic E-state index is 12.2. The summed E-state index contributed by atoms with van der Waals surface area (Å²) in [5.74, 6) is -0.0469. The van der Waals surface area contributed by atoms with Crippen molar-refractivity contribution in [2.75, 3.05) is 17.2 Å². The summed E-state index contributed by atoms with van der Waals surface area (Å²) in [6, 6.07) is 15.4. The number of nitrogens with zero attached hydrogens (tertiary/aromatic N) is 1. The summed E-state index contributed by atoms with van der Waals surface area (Å²) in [5.41, 5.74) is 1.30. The van der Waals surface area contributed by atoms with Gasteiger partial charge in [-0.1, -0.05) is 35.1 Å². The fourth-order valence-corrected chi connectivity index (χ4v) is 3.61. The van der Waals surface area contributed by atoms with Gasteiger partial charge in [0.25, 0.3) is 11.8 Å². The number of carbonyl (C=O) groups excluding carboxylic acids is 2. The van der Waals surface area contributed by atoms with Crippen LogP contribution >= 0.6 is 22.9 Å². The van der Waals surface area contributed by atoms with Crippen LogP contribution in [0.25, 0.3) is 10.2 Å². The van der Waals surface area contributed by atoms with E-state index >= 15 is 0 Å². The Morgan fingerprint density at radius 1 is 1.10 bits per heavy atom. The van der Waals surface area contributed by atoms with Gasteiger partial charge in [-0.15, -0.1) is 0 Å². The number of fused-ring (bicyclic) bond motifs is 1. The van der Waals surface area contributed by atoms with Gasteiger partial charge in [0.15, 0.2) is 17.5 Å². The molecule has 2 amide bonds. The van der Waals surface area contributed by atoms with Crippen molar-refractivity contribution in [3.05, 3.63) is 71.6 Å². The smallest absolute Gasteiger partial charge is 0.293 e. The molecule has 4 aromatic rings. The molecule has 0 radical (unpaired) electrons. The molecular weight excluding hydrogens is 414 g/mol.